The van der Waals surface area contributed by atoms with Crippen molar-refractivity contribution in [3.8, 4) is 0 Å². The molecule has 0 bridgehead atoms. The molecule has 0 aromatic carbocycles. The summed E-state index contributed by atoms with van der Waals surface area (Å²) in [5.41, 5.74) is 0. The van der Waals surface area contributed by atoms with Crippen LogP contribution in [0.5, 0.6) is 0 Å². The van der Waals surface area contributed by atoms with E-state index in [0.29, 0.717) is 0 Å². The Morgan fingerprint density at radius 1 is 1.67 bits per heavy atom. The molecule has 0 aromatic heterocycles. The molecule has 0 heterocycles. The molecule has 0 radical (unpaired) electrons. The number of hydrogen-bond acceptors (Lipinski definition) is 5. The van der Waals surface area contributed by atoms with Gasteiger partial charge in [0.05, 0.1) is 0 Å². The predicted molar refractivity (Wildman–Crippen MR) is 47.2 cm³/mol. The zero-order chi connectivity index (χ0) is 7.49. The van der Waals surface area contributed by atoms with E-state index in [9.17, 15) is 9.46 Å². The van der Waals surface area contributed by atoms with Crippen molar-refractivity contribution in [1.29, 1.82) is 0 Å². The van der Waals surface area contributed by atoms with Crippen LogP contribution < -0.4 is 4.89 Å². The van der Waals surface area contributed by atoms with Crippen molar-refractivity contribution in [2.45, 2.75) is 0 Å². The summed E-state index contributed by atoms with van der Waals surface area (Å²) in [6.07, 6.45) is 3.17. The third-order valence-corrected chi connectivity index (χ3v) is 7.09. The predicted octanol–water partition coefficient (Wildman–Crippen LogP) is 1.55. The van der Waals surface area contributed by atoms with Crippen LogP contribution in [0.3, 0.4) is 0 Å². The Hall–Kier alpha value is 0.980. The van der Waals surface area contributed by atoms with Crippen molar-refractivity contribution in [3.05, 3.63) is 0 Å². The fraction of sp³-hybridized carbons (Fsp3) is 0.667. The first-order valence-corrected chi connectivity index (χ1v) is 7.08. The first-order chi connectivity index (χ1) is 4.04. The average Bonchev–Trinajstić information content (AvgIpc) is 1.86. The molecule has 6 heteroatoms. The third kappa shape index (κ3) is 3.05. The van der Waals surface area contributed by atoms with Crippen LogP contribution in [0.25, 0.3) is 0 Å². The van der Waals surface area contributed by atoms with E-state index in [4.69, 9.17) is 0 Å². The largest absolute Gasteiger partial charge is 0.787 e. The van der Waals surface area contributed by atoms with Gasteiger partial charge in [0.2, 0.25) is 0 Å². The van der Waals surface area contributed by atoms with Crippen LogP contribution in [0, 0.1) is 0 Å². The van der Waals surface area contributed by atoms with E-state index in [0.717, 1.165) is 23.1 Å². The maximum atomic E-state index is 10.8. The van der Waals surface area contributed by atoms with E-state index in [1.807, 2.05) is 0 Å². The molecule has 0 aliphatic heterocycles. The third-order valence-electron chi connectivity index (χ3n) is 0.639. The Labute approximate surface area is 68.0 Å². The van der Waals surface area contributed by atoms with Crippen LogP contribution in [-0.4, -0.2) is 16.4 Å². The van der Waals surface area contributed by atoms with Gasteiger partial charge in [0, 0.05) is 0 Å². The molecule has 1 unspecified atom stereocenters. The van der Waals surface area contributed by atoms with E-state index in [2.05, 4.69) is 12.2 Å². The van der Waals surface area contributed by atoms with Crippen molar-refractivity contribution < 1.29 is 9.46 Å². The minimum atomic E-state index is -3.40. The van der Waals surface area contributed by atoms with Gasteiger partial charge in [-0.15, -0.1) is 23.1 Å². The normalized spacial score (nSPS) is 16.8. The monoisotopic (exact) mass is 201 g/mol. The van der Waals surface area contributed by atoms with Gasteiger partial charge in [0.15, 0.2) is 0 Å². The van der Waals surface area contributed by atoms with Gasteiger partial charge in [-0.3, -0.25) is 0 Å². The van der Waals surface area contributed by atoms with Crippen molar-refractivity contribution in [2.75, 3.05) is 12.5 Å². The Morgan fingerprint density at radius 3 is 2.22 bits per heavy atom. The lowest BCUT2D eigenvalue weighted by atomic mass is 11.9. The van der Waals surface area contributed by atoms with Gasteiger partial charge in [0.25, 0.3) is 0 Å². The summed E-state index contributed by atoms with van der Waals surface area (Å²) in [6.45, 7) is -3.40. The van der Waals surface area contributed by atoms with Crippen molar-refractivity contribution >= 4 is 45.9 Å². The maximum Gasteiger partial charge on any atom is 0.114 e. The van der Waals surface area contributed by atoms with Gasteiger partial charge in [-0.25, -0.2) is 0 Å². The SMILES string of the molecule is CSC(=S)P(=O)([O-])SC. The highest BCUT2D eigenvalue weighted by molar-refractivity contribution is 8.67. The Balaban J connectivity index is 4.16. The summed E-state index contributed by atoms with van der Waals surface area (Å²) < 4.78 is 10.8. The summed E-state index contributed by atoms with van der Waals surface area (Å²) in [6, 6.07) is 0. The minimum absolute atomic E-state index is 0.0787. The van der Waals surface area contributed by atoms with Crippen LogP contribution >= 0.6 is 41.9 Å². The van der Waals surface area contributed by atoms with E-state index < -0.39 is 6.57 Å². The summed E-state index contributed by atoms with van der Waals surface area (Å²) in [4.78, 5) is 10.8. The Bertz CT molecular complexity index is 157. The minimum Gasteiger partial charge on any atom is -0.787 e. The first kappa shape index (κ1) is 9.98. The lowest BCUT2D eigenvalue weighted by molar-refractivity contribution is -0.162. The molecule has 9 heavy (non-hydrogen) atoms. The highest BCUT2D eigenvalue weighted by Crippen LogP contribution is 2.52. The molecule has 0 N–H and O–H groups in total. The topological polar surface area (TPSA) is 40.1 Å². The second-order valence-electron chi connectivity index (χ2n) is 1.15. The fourth-order valence-electron chi connectivity index (χ4n) is 0.186. The quantitative estimate of drug-likeness (QED) is 0.500. The van der Waals surface area contributed by atoms with Crippen LogP contribution in [0.2, 0.25) is 0 Å². The Kier molecular flexibility index (Phi) is 4.42. The molecule has 0 rings (SSSR count). The van der Waals surface area contributed by atoms with Crippen LogP contribution in [0.1, 0.15) is 0 Å². The number of thiocarbonyl (C=S) groups is 1. The second kappa shape index (κ2) is 3.98. The molecule has 0 saturated carbocycles. The maximum absolute atomic E-state index is 10.8. The summed E-state index contributed by atoms with van der Waals surface area (Å²) >= 11 is 6.45. The molecule has 0 aliphatic carbocycles. The molecule has 0 saturated heterocycles. The van der Waals surface area contributed by atoms with Gasteiger partial charge < -0.3 is 9.46 Å². The number of hydrogen-bond donors (Lipinski definition) is 0. The molecule has 0 spiro atoms. The molecule has 0 aliphatic rings. The van der Waals surface area contributed by atoms with Crippen molar-refractivity contribution in [3.63, 3.8) is 0 Å². The van der Waals surface area contributed by atoms with E-state index in [-0.39, 0.29) is 3.94 Å². The molecule has 2 nitrogen and oxygen atoms in total. The zero-order valence-electron chi connectivity index (χ0n) is 4.99. The van der Waals surface area contributed by atoms with Crippen LogP contribution in [0.15, 0.2) is 0 Å². The van der Waals surface area contributed by atoms with Gasteiger partial charge in [-0.1, -0.05) is 12.2 Å². The summed E-state index contributed by atoms with van der Waals surface area (Å²) in [5.74, 6) is 0. The molecular weight excluding hydrogens is 195 g/mol. The molecule has 0 fully saturated rings. The van der Waals surface area contributed by atoms with Crippen LogP contribution in [0.4, 0.5) is 0 Å². The van der Waals surface area contributed by atoms with Crippen molar-refractivity contribution in [2.24, 2.45) is 0 Å². The zero-order valence-corrected chi connectivity index (χ0v) is 8.33. The van der Waals surface area contributed by atoms with Crippen molar-refractivity contribution in [1.82, 2.24) is 0 Å². The average molecular weight is 201 g/mol. The van der Waals surface area contributed by atoms with Gasteiger partial charge >= 0.3 is 0 Å². The van der Waals surface area contributed by atoms with Crippen LogP contribution in [-0.2, 0) is 4.57 Å². The molecule has 0 aromatic rings. The van der Waals surface area contributed by atoms with Gasteiger partial charge in [-0.05, 0) is 12.5 Å². The standard InChI is InChI=1S/C3H7O2PS3/c1-8-3(7)6(4,5)9-2/h1-2H3,(H,4,5)/p-1. The number of rotatable bonds is 2. The Morgan fingerprint density at radius 2 is 2.11 bits per heavy atom. The van der Waals surface area contributed by atoms with Gasteiger partial charge in [-0.2, -0.15) is 0 Å². The highest BCUT2D eigenvalue weighted by Gasteiger charge is 2.10. The van der Waals surface area contributed by atoms with Gasteiger partial charge in [0.1, 0.15) is 10.5 Å². The molecule has 1 atom stereocenters. The highest BCUT2D eigenvalue weighted by atomic mass is 32.7. The van der Waals surface area contributed by atoms with E-state index >= 15 is 0 Å². The number of thioether (sulfide) groups is 1. The summed E-state index contributed by atoms with van der Waals surface area (Å²) in [5, 5.41) is 0. The second-order valence-corrected chi connectivity index (χ2v) is 7.58. The first-order valence-electron chi connectivity index (χ1n) is 2.00. The molecule has 0 amide bonds. The fourth-order valence-corrected chi connectivity index (χ4v) is 3.69. The van der Waals surface area contributed by atoms with E-state index in [1.54, 1.807) is 6.26 Å². The smallest absolute Gasteiger partial charge is 0.114 e. The summed E-state index contributed by atoms with van der Waals surface area (Å²) in [7, 11) is 0. The molecular formula is C3H6O2PS3-. The lowest BCUT2D eigenvalue weighted by Gasteiger charge is -2.18. The molecule has 54 valence electrons. The van der Waals surface area contributed by atoms with E-state index in [1.165, 1.54) is 6.26 Å². The lowest BCUT2D eigenvalue weighted by Crippen LogP contribution is -2.01.